The van der Waals surface area contributed by atoms with Crippen molar-refractivity contribution in [2.75, 3.05) is 37.2 Å². The van der Waals surface area contributed by atoms with Gasteiger partial charge in [0.05, 0.1) is 5.75 Å². The maximum atomic E-state index is 12.9. The number of benzene rings is 1. The molecule has 0 radical (unpaired) electrons. The van der Waals surface area contributed by atoms with E-state index in [1.807, 2.05) is 18.4 Å². The molecule has 0 bridgehead atoms. The zero-order chi connectivity index (χ0) is 20.1. The Morgan fingerprint density at radius 1 is 1.14 bits per heavy atom. The van der Waals surface area contributed by atoms with Crippen LogP contribution in [0.5, 0.6) is 0 Å². The van der Waals surface area contributed by atoms with Gasteiger partial charge >= 0.3 is 6.03 Å². The first-order valence-electron chi connectivity index (χ1n) is 9.05. The van der Waals surface area contributed by atoms with Crippen molar-refractivity contribution in [1.82, 2.24) is 24.6 Å². The lowest BCUT2D eigenvalue weighted by Crippen LogP contribution is -2.52. The molecular formula is C18H23FN6O2S. The van der Waals surface area contributed by atoms with Gasteiger partial charge in [-0.2, -0.15) is 0 Å². The zero-order valence-corrected chi connectivity index (χ0v) is 16.7. The number of hydrogen-bond donors (Lipinski definition) is 1. The third-order valence-corrected chi connectivity index (χ3v) is 5.38. The molecular weight excluding hydrogens is 383 g/mol. The van der Waals surface area contributed by atoms with E-state index in [2.05, 4.69) is 15.5 Å². The molecule has 10 heteroatoms. The number of carbonyl (C=O) groups excluding carboxylic acids is 2. The Labute approximate surface area is 167 Å². The Hall–Kier alpha value is -2.62. The monoisotopic (exact) mass is 406 g/mol. The Bertz CT molecular complexity index is 818. The van der Waals surface area contributed by atoms with E-state index < -0.39 is 0 Å². The summed E-state index contributed by atoms with van der Waals surface area (Å²) in [6.45, 7) is 5.92. The fraction of sp³-hybridized carbons (Fsp3) is 0.444. The third-order valence-electron chi connectivity index (χ3n) is 4.44. The van der Waals surface area contributed by atoms with Gasteiger partial charge < -0.3 is 19.7 Å². The minimum Gasteiger partial charge on any atom is -0.338 e. The molecule has 1 saturated heterocycles. The van der Waals surface area contributed by atoms with E-state index in [-0.39, 0.29) is 29.6 Å². The van der Waals surface area contributed by atoms with Gasteiger partial charge in [-0.15, -0.1) is 10.2 Å². The second-order valence-corrected chi connectivity index (χ2v) is 7.65. The van der Waals surface area contributed by atoms with Crippen LogP contribution in [0.25, 0.3) is 0 Å². The van der Waals surface area contributed by atoms with Crippen LogP contribution in [0.15, 0.2) is 35.7 Å². The van der Waals surface area contributed by atoms with E-state index >= 15 is 0 Å². The largest absolute Gasteiger partial charge is 0.338 e. The number of hydrogen-bond acceptors (Lipinski definition) is 5. The molecule has 150 valence electrons. The number of rotatable bonds is 5. The van der Waals surface area contributed by atoms with E-state index in [0.29, 0.717) is 31.9 Å². The number of nitrogens with zero attached hydrogens (tertiary/aromatic N) is 5. The van der Waals surface area contributed by atoms with Crippen molar-refractivity contribution in [2.24, 2.45) is 0 Å². The normalized spacial score (nSPS) is 14.4. The number of anilines is 1. The smallest absolute Gasteiger partial charge is 0.321 e. The minimum absolute atomic E-state index is 0.0156. The van der Waals surface area contributed by atoms with Crippen LogP contribution in [0, 0.1) is 5.82 Å². The molecule has 2 heterocycles. The van der Waals surface area contributed by atoms with Crippen LogP contribution < -0.4 is 5.32 Å². The van der Waals surface area contributed by atoms with Gasteiger partial charge in [0.2, 0.25) is 5.91 Å². The first-order chi connectivity index (χ1) is 13.4. The van der Waals surface area contributed by atoms with Crippen molar-refractivity contribution in [1.29, 1.82) is 0 Å². The van der Waals surface area contributed by atoms with E-state index in [1.165, 1.54) is 36.0 Å². The number of thioether (sulfide) groups is 1. The van der Waals surface area contributed by atoms with Gasteiger partial charge in [-0.25, -0.2) is 9.18 Å². The van der Waals surface area contributed by atoms with E-state index in [0.717, 1.165) is 5.16 Å². The van der Waals surface area contributed by atoms with Crippen LogP contribution in [0.4, 0.5) is 14.9 Å². The number of aromatic nitrogens is 3. The topological polar surface area (TPSA) is 83.4 Å². The molecule has 8 nitrogen and oxygen atoms in total. The fourth-order valence-electron chi connectivity index (χ4n) is 2.80. The summed E-state index contributed by atoms with van der Waals surface area (Å²) >= 11 is 1.37. The summed E-state index contributed by atoms with van der Waals surface area (Å²) in [5.41, 5.74) is 0.538. The molecule has 0 spiro atoms. The summed E-state index contributed by atoms with van der Waals surface area (Å²) in [7, 11) is 0. The standard InChI is InChI=1S/C18H23FN6O2S/c1-13(2)25-12-20-22-18(25)28-11-16(26)23-7-9-24(10-8-23)17(27)21-15-5-3-14(19)4-6-15/h3-6,12-13H,7-11H2,1-2H3,(H,21,27). The molecule has 0 aliphatic carbocycles. The van der Waals surface area contributed by atoms with Crippen molar-refractivity contribution >= 4 is 29.4 Å². The highest BCUT2D eigenvalue weighted by Gasteiger charge is 2.24. The first-order valence-corrected chi connectivity index (χ1v) is 10.0. The summed E-state index contributed by atoms with van der Waals surface area (Å²) in [6.07, 6.45) is 1.66. The predicted molar refractivity (Wildman–Crippen MR) is 105 cm³/mol. The molecule has 28 heavy (non-hydrogen) atoms. The van der Waals surface area contributed by atoms with Gasteiger partial charge in [-0.3, -0.25) is 4.79 Å². The van der Waals surface area contributed by atoms with Crippen LogP contribution in [0.2, 0.25) is 0 Å². The molecule has 3 rings (SSSR count). The first kappa shape index (κ1) is 20.1. The molecule has 3 amide bonds. The van der Waals surface area contributed by atoms with Crippen LogP contribution in [0.3, 0.4) is 0 Å². The zero-order valence-electron chi connectivity index (χ0n) is 15.8. The third kappa shape index (κ3) is 5.00. The molecule has 2 aromatic rings. The van der Waals surface area contributed by atoms with Gasteiger partial charge in [0.25, 0.3) is 0 Å². The van der Waals surface area contributed by atoms with Gasteiger partial charge in [0, 0.05) is 37.9 Å². The van der Waals surface area contributed by atoms with Crippen LogP contribution in [-0.4, -0.2) is 68.4 Å². The Balaban J connectivity index is 1.45. The Morgan fingerprint density at radius 3 is 2.43 bits per heavy atom. The summed E-state index contributed by atoms with van der Waals surface area (Å²) in [4.78, 5) is 28.2. The second kappa shape index (κ2) is 9.05. The van der Waals surface area contributed by atoms with Crippen molar-refractivity contribution < 1.29 is 14.0 Å². The molecule has 1 aliphatic heterocycles. The molecule has 0 atom stereocenters. The quantitative estimate of drug-likeness (QED) is 0.772. The minimum atomic E-state index is -0.352. The van der Waals surface area contributed by atoms with Gasteiger partial charge in [0.15, 0.2) is 5.16 Å². The SMILES string of the molecule is CC(C)n1cnnc1SCC(=O)N1CCN(C(=O)Nc2ccc(F)cc2)CC1. The van der Waals surface area contributed by atoms with E-state index in [9.17, 15) is 14.0 Å². The molecule has 1 fully saturated rings. The molecule has 1 aromatic carbocycles. The number of urea groups is 1. The molecule has 0 unspecified atom stereocenters. The number of halogens is 1. The van der Waals surface area contributed by atoms with Crippen molar-refractivity contribution in [2.45, 2.75) is 25.0 Å². The van der Waals surface area contributed by atoms with Crippen LogP contribution in [0.1, 0.15) is 19.9 Å². The summed E-state index contributed by atoms with van der Waals surface area (Å²) in [5, 5.41) is 11.4. The van der Waals surface area contributed by atoms with Crippen molar-refractivity contribution in [3.05, 3.63) is 36.4 Å². The van der Waals surface area contributed by atoms with Crippen LogP contribution >= 0.6 is 11.8 Å². The maximum absolute atomic E-state index is 12.9. The molecule has 0 saturated carbocycles. The summed E-state index contributed by atoms with van der Waals surface area (Å²) in [6, 6.07) is 5.60. The summed E-state index contributed by atoms with van der Waals surface area (Å²) < 4.78 is 14.9. The number of carbonyl (C=O) groups is 2. The molecule has 1 aliphatic rings. The lowest BCUT2D eigenvalue weighted by Gasteiger charge is -2.34. The average molecular weight is 406 g/mol. The Kier molecular flexibility index (Phi) is 6.50. The fourth-order valence-corrected chi connectivity index (χ4v) is 3.75. The molecule has 1 N–H and O–H groups in total. The highest BCUT2D eigenvalue weighted by Crippen LogP contribution is 2.19. The van der Waals surface area contributed by atoms with E-state index in [1.54, 1.807) is 16.1 Å². The van der Waals surface area contributed by atoms with Gasteiger partial charge in [-0.05, 0) is 38.1 Å². The Morgan fingerprint density at radius 2 is 1.79 bits per heavy atom. The maximum Gasteiger partial charge on any atom is 0.321 e. The summed E-state index contributed by atoms with van der Waals surface area (Å²) in [5.74, 6) is -0.0516. The highest BCUT2D eigenvalue weighted by atomic mass is 32.2. The lowest BCUT2D eigenvalue weighted by molar-refractivity contribution is -0.129. The molecule has 1 aromatic heterocycles. The number of amides is 3. The van der Waals surface area contributed by atoms with E-state index in [4.69, 9.17) is 0 Å². The van der Waals surface area contributed by atoms with Gasteiger partial charge in [0.1, 0.15) is 12.1 Å². The highest BCUT2D eigenvalue weighted by molar-refractivity contribution is 7.99. The van der Waals surface area contributed by atoms with Crippen molar-refractivity contribution in [3.8, 4) is 0 Å². The number of nitrogens with one attached hydrogen (secondary N) is 1. The predicted octanol–water partition coefficient (Wildman–Crippen LogP) is 2.47. The number of piperazine rings is 1. The lowest BCUT2D eigenvalue weighted by atomic mass is 10.3. The van der Waals surface area contributed by atoms with Gasteiger partial charge in [-0.1, -0.05) is 11.8 Å². The van der Waals surface area contributed by atoms with Crippen molar-refractivity contribution in [3.63, 3.8) is 0 Å². The average Bonchev–Trinajstić information content (AvgIpc) is 3.17. The van der Waals surface area contributed by atoms with Crippen LogP contribution in [-0.2, 0) is 4.79 Å². The second-order valence-electron chi connectivity index (χ2n) is 6.71.